The van der Waals surface area contributed by atoms with E-state index in [0.29, 0.717) is 43.9 Å². The number of likely N-dealkylation sites (tertiary alicyclic amines) is 1. The van der Waals surface area contributed by atoms with Crippen LogP contribution < -0.4 is 10.5 Å². The van der Waals surface area contributed by atoms with E-state index in [1.54, 1.807) is 12.1 Å². The second kappa shape index (κ2) is 6.41. The molecule has 20 heavy (non-hydrogen) atoms. The molecule has 1 aliphatic heterocycles. The van der Waals surface area contributed by atoms with Crippen molar-refractivity contribution in [1.29, 1.82) is 0 Å². The molecule has 1 saturated heterocycles. The van der Waals surface area contributed by atoms with Crippen LogP contribution in [0.4, 0.5) is 5.69 Å². The first kappa shape index (κ1) is 14.4. The molecule has 0 aliphatic carbocycles. The summed E-state index contributed by atoms with van der Waals surface area (Å²) in [7, 11) is 0. The minimum atomic E-state index is -0.0759. The van der Waals surface area contributed by atoms with Crippen LogP contribution in [0.5, 0.6) is 5.75 Å². The molecule has 1 aliphatic rings. The number of hydrogen-bond donors (Lipinski definition) is 1. The van der Waals surface area contributed by atoms with Crippen LogP contribution in [0.1, 0.15) is 26.2 Å². The lowest BCUT2D eigenvalue weighted by Crippen LogP contribution is -2.43. The maximum Gasteiger partial charge on any atom is 0.229 e. The van der Waals surface area contributed by atoms with Gasteiger partial charge in [0.1, 0.15) is 5.75 Å². The molecule has 0 bridgehead atoms. The summed E-state index contributed by atoms with van der Waals surface area (Å²) in [5.41, 5.74) is 6.35. The summed E-state index contributed by atoms with van der Waals surface area (Å²) < 4.78 is 5.55. The highest BCUT2D eigenvalue weighted by atomic mass is 16.5. The lowest BCUT2D eigenvalue weighted by molar-refractivity contribution is -0.149. The molecule has 1 aromatic rings. The van der Waals surface area contributed by atoms with Crippen molar-refractivity contribution < 1.29 is 14.3 Å². The summed E-state index contributed by atoms with van der Waals surface area (Å²) >= 11 is 0. The van der Waals surface area contributed by atoms with Crippen LogP contribution in [0.3, 0.4) is 0 Å². The number of ether oxygens (including phenoxy) is 1. The first-order valence-electron chi connectivity index (χ1n) is 6.88. The third kappa shape index (κ3) is 3.50. The maximum atomic E-state index is 11.8. The smallest absolute Gasteiger partial charge is 0.229 e. The Hall–Kier alpha value is -2.04. The molecule has 5 nitrogen and oxygen atoms in total. The largest absolute Gasteiger partial charge is 0.491 e. The highest BCUT2D eigenvalue weighted by molar-refractivity contribution is 5.97. The molecule has 108 valence electrons. The van der Waals surface area contributed by atoms with Crippen molar-refractivity contribution in [2.24, 2.45) is 5.92 Å². The average Bonchev–Trinajstić information content (AvgIpc) is 2.38. The molecule has 0 radical (unpaired) electrons. The molecule has 0 atom stereocenters. The number of nitrogens with two attached hydrogens (primary N) is 1. The highest BCUT2D eigenvalue weighted by Gasteiger charge is 2.29. The van der Waals surface area contributed by atoms with Crippen LogP contribution in [0.15, 0.2) is 24.3 Å². The van der Waals surface area contributed by atoms with Gasteiger partial charge in [-0.25, -0.2) is 0 Å². The minimum Gasteiger partial charge on any atom is -0.491 e. The predicted molar refractivity (Wildman–Crippen MR) is 76.1 cm³/mol. The number of piperidine rings is 1. The van der Waals surface area contributed by atoms with E-state index < -0.39 is 0 Å². The third-order valence-electron chi connectivity index (χ3n) is 3.35. The van der Waals surface area contributed by atoms with E-state index in [1.807, 2.05) is 19.1 Å². The number of nitrogens with zero attached hydrogens (tertiary/aromatic N) is 1. The number of carbonyl (C=O) groups excluding carboxylic acids is 2. The van der Waals surface area contributed by atoms with Crippen LogP contribution >= 0.6 is 0 Å². The topological polar surface area (TPSA) is 72.6 Å². The number of imide groups is 1. The van der Waals surface area contributed by atoms with Crippen LogP contribution in [0, 0.1) is 5.92 Å². The van der Waals surface area contributed by atoms with Crippen LogP contribution in [0.2, 0.25) is 0 Å². The van der Waals surface area contributed by atoms with E-state index in [9.17, 15) is 9.59 Å². The zero-order valence-electron chi connectivity index (χ0n) is 11.7. The van der Waals surface area contributed by atoms with Gasteiger partial charge in [-0.3, -0.25) is 14.5 Å². The summed E-state index contributed by atoms with van der Waals surface area (Å²) in [6, 6.07) is 7.27. The van der Waals surface area contributed by atoms with Crippen LogP contribution in [-0.4, -0.2) is 29.9 Å². The van der Waals surface area contributed by atoms with E-state index in [0.717, 1.165) is 0 Å². The van der Waals surface area contributed by atoms with Crippen LogP contribution in [-0.2, 0) is 9.59 Å². The van der Waals surface area contributed by atoms with Crippen molar-refractivity contribution in [2.75, 3.05) is 18.9 Å². The van der Waals surface area contributed by atoms with Gasteiger partial charge in [-0.1, -0.05) is 19.1 Å². The van der Waals surface area contributed by atoms with Gasteiger partial charge >= 0.3 is 0 Å². The normalized spacial score (nSPS) is 16.6. The summed E-state index contributed by atoms with van der Waals surface area (Å²) in [6.45, 7) is 2.77. The Labute approximate surface area is 118 Å². The number of rotatable bonds is 5. The van der Waals surface area contributed by atoms with E-state index in [4.69, 9.17) is 10.5 Å². The van der Waals surface area contributed by atoms with Gasteiger partial charge in [0.2, 0.25) is 11.8 Å². The van der Waals surface area contributed by atoms with Gasteiger partial charge in [0.25, 0.3) is 0 Å². The minimum absolute atomic E-state index is 0.0759. The van der Waals surface area contributed by atoms with Crippen molar-refractivity contribution in [2.45, 2.75) is 26.2 Å². The zero-order valence-corrected chi connectivity index (χ0v) is 11.7. The fourth-order valence-electron chi connectivity index (χ4n) is 2.29. The molecule has 1 aromatic carbocycles. The number of benzene rings is 1. The molecule has 0 saturated carbocycles. The second-order valence-electron chi connectivity index (χ2n) is 5.19. The SMILES string of the molecule is CC1CC(=O)N(CCCOc2ccccc2N)C(=O)C1. The fourth-order valence-corrected chi connectivity index (χ4v) is 2.29. The monoisotopic (exact) mass is 276 g/mol. The molecule has 0 aromatic heterocycles. The van der Waals surface area contributed by atoms with Gasteiger partial charge in [-0.05, 0) is 24.5 Å². The maximum absolute atomic E-state index is 11.8. The quantitative estimate of drug-likeness (QED) is 0.506. The first-order valence-corrected chi connectivity index (χ1v) is 6.88. The van der Waals surface area contributed by atoms with Crippen LogP contribution in [0.25, 0.3) is 0 Å². The van der Waals surface area contributed by atoms with Gasteiger partial charge in [-0.2, -0.15) is 0 Å². The highest BCUT2D eigenvalue weighted by Crippen LogP contribution is 2.21. The predicted octanol–water partition coefficient (Wildman–Crippen LogP) is 1.82. The standard InChI is InChI=1S/C15H20N2O3/c1-11-9-14(18)17(15(19)10-11)7-4-8-20-13-6-3-2-5-12(13)16/h2-3,5-6,11H,4,7-10,16H2,1H3. The van der Waals surface area contributed by atoms with E-state index in [1.165, 1.54) is 4.90 Å². The summed E-state index contributed by atoms with van der Waals surface area (Å²) in [5.74, 6) is 0.644. The van der Waals surface area contributed by atoms with Crippen molar-refractivity contribution in [3.63, 3.8) is 0 Å². The van der Waals surface area contributed by atoms with Gasteiger partial charge in [0.05, 0.1) is 12.3 Å². The van der Waals surface area contributed by atoms with Crippen molar-refractivity contribution >= 4 is 17.5 Å². The van der Waals surface area contributed by atoms with E-state index >= 15 is 0 Å². The van der Waals surface area contributed by atoms with Crippen molar-refractivity contribution in [3.8, 4) is 5.75 Å². The Bertz CT molecular complexity index is 484. The Kier molecular flexibility index (Phi) is 4.61. The fraction of sp³-hybridized carbons (Fsp3) is 0.467. The average molecular weight is 276 g/mol. The van der Waals surface area contributed by atoms with Gasteiger partial charge in [0.15, 0.2) is 0 Å². The van der Waals surface area contributed by atoms with Gasteiger partial charge < -0.3 is 10.5 Å². The van der Waals surface area contributed by atoms with Crippen molar-refractivity contribution in [3.05, 3.63) is 24.3 Å². The summed E-state index contributed by atoms with van der Waals surface area (Å²) in [5, 5.41) is 0. The third-order valence-corrected chi connectivity index (χ3v) is 3.35. The van der Waals surface area contributed by atoms with Crippen molar-refractivity contribution in [1.82, 2.24) is 4.90 Å². The lowest BCUT2D eigenvalue weighted by atomic mass is 9.98. The van der Waals surface area contributed by atoms with Gasteiger partial charge in [-0.15, -0.1) is 0 Å². The number of carbonyl (C=O) groups is 2. The molecular weight excluding hydrogens is 256 g/mol. The molecular formula is C15H20N2O3. The lowest BCUT2D eigenvalue weighted by Gasteiger charge is -2.28. The molecule has 2 amide bonds. The first-order chi connectivity index (χ1) is 9.58. The Balaban J connectivity index is 1.77. The molecule has 1 heterocycles. The number of nitrogen functional groups attached to an aromatic ring is 1. The second-order valence-corrected chi connectivity index (χ2v) is 5.19. The number of hydrogen-bond acceptors (Lipinski definition) is 4. The summed E-state index contributed by atoms with van der Waals surface area (Å²) in [6.07, 6.45) is 1.52. The van der Waals surface area contributed by atoms with E-state index in [2.05, 4.69) is 0 Å². The Morgan fingerprint density at radius 1 is 1.25 bits per heavy atom. The molecule has 0 unspecified atom stereocenters. The van der Waals surface area contributed by atoms with Gasteiger partial charge in [0, 0.05) is 19.4 Å². The van der Waals surface area contributed by atoms with E-state index in [-0.39, 0.29) is 17.7 Å². The zero-order chi connectivity index (χ0) is 14.5. The molecule has 2 N–H and O–H groups in total. The number of anilines is 1. The number of amides is 2. The molecule has 1 fully saturated rings. The Morgan fingerprint density at radius 2 is 1.90 bits per heavy atom. The molecule has 2 rings (SSSR count). The number of para-hydroxylation sites is 2. The molecule has 5 heteroatoms. The summed E-state index contributed by atoms with van der Waals surface area (Å²) in [4.78, 5) is 24.9. The molecule has 0 spiro atoms. The Morgan fingerprint density at radius 3 is 2.55 bits per heavy atom.